The fourth-order valence-electron chi connectivity index (χ4n) is 2.01. The first kappa shape index (κ1) is 11.4. The third kappa shape index (κ3) is 2.21. The quantitative estimate of drug-likeness (QED) is 0.703. The van der Waals surface area contributed by atoms with E-state index in [1.807, 2.05) is 30.3 Å². The van der Waals surface area contributed by atoms with Crippen LogP contribution in [0.4, 0.5) is 0 Å². The molecule has 0 amide bonds. The van der Waals surface area contributed by atoms with Gasteiger partial charge in [-0.25, -0.2) is 0 Å². The van der Waals surface area contributed by atoms with E-state index >= 15 is 0 Å². The molecule has 0 nitrogen and oxygen atoms in total. The van der Waals surface area contributed by atoms with Gasteiger partial charge < -0.3 is 0 Å². The molecule has 0 radical (unpaired) electrons. The minimum absolute atomic E-state index is 1.05. The lowest BCUT2D eigenvalue weighted by Crippen LogP contribution is -1.92. The van der Waals surface area contributed by atoms with Crippen LogP contribution in [0.3, 0.4) is 0 Å². The van der Waals surface area contributed by atoms with Crippen molar-refractivity contribution < 1.29 is 0 Å². The number of hydrogen-bond donors (Lipinski definition) is 0. The van der Waals surface area contributed by atoms with Gasteiger partial charge in [0.15, 0.2) is 0 Å². The fraction of sp³-hybridized carbons (Fsp3) is 0.0588. The van der Waals surface area contributed by atoms with Gasteiger partial charge in [-0.05, 0) is 34.8 Å². The molecule has 0 aromatic heterocycles. The Labute approximate surface area is 103 Å². The molecule has 0 unspecified atom stereocenters. The Morgan fingerprint density at radius 1 is 0.941 bits per heavy atom. The predicted molar refractivity (Wildman–Crippen MR) is 75.8 cm³/mol. The first-order valence-electron chi connectivity index (χ1n) is 5.71. The van der Waals surface area contributed by atoms with Crippen LogP contribution in [0.15, 0.2) is 61.7 Å². The lowest BCUT2D eigenvalue weighted by atomic mass is 9.93. The smallest absolute Gasteiger partial charge is 0.0111 e. The summed E-state index contributed by atoms with van der Waals surface area (Å²) in [5.74, 6) is 0. The monoisotopic (exact) mass is 220 g/mol. The lowest BCUT2D eigenvalue weighted by Gasteiger charge is -2.12. The molecule has 0 aliphatic carbocycles. The largest absolute Gasteiger partial charge is 0.0984 e. The lowest BCUT2D eigenvalue weighted by molar-refractivity contribution is 1.41. The van der Waals surface area contributed by atoms with Crippen molar-refractivity contribution in [2.45, 2.75) is 6.92 Å². The van der Waals surface area contributed by atoms with E-state index in [1.165, 1.54) is 11.1 Å². The molecule has 0 bridgehead atoms. The van der Waals surface area contributed by atoms with Crippen LogP contribution in [0.5, 0.6) is 0 Å². The van der Waals surface area contributed by atoms with Gasteiger partial charge in [-0.15, -0.1) is 0 Å². The molecule has 0 spiro atoms. The molecule has 0 N–H and O–H groups in total. The van der Waals surface area contributed by atoms with Crippen molar-refractivity contribution in [2.75, 3.05) is 0 Å². The summed E-state index contributed by atoms with van der Waals surface area (Å²) in [5.41, 5.74) is 5.77. The molecule has 84 valence electrons. The SMILES string of the molecule is C=Cc1ccccc1C(=C)c1ccccc1C. The first-order valence-corrected chi connectivity index (χ1v) is 5.71. The Morgan fingerprint density at radius 3 is 2.18 bits per heavy atom. The van der Waals surface area contributed by atoms with Crippen molar-refractivity contribution >= 4 is 11.6 Å². The van der Waals surface area contributed by atoms with E-state index in [1.54, 1.807) is 0 Å². The summed E-state index contributed by atoms with van der Waals surface area (Å²) in [6.07, 6.45) is 1.87. The van der Waals surface area contributed by atoms with Gasteiger partial charge in [-0.3, -0.25) is 0 Å². The minimum Gasteiger partial charge on any atom is -0.0984 e. The second-order valence-electron chi connectivity index (χ2n) is 4.08. The topological polar surface area (TPSA) is 0 Å². The zero-order valence-corrected chi connectivity index (χ0v) is 10.1. The van der Waals surface area contributed by atoms with Crippen LogP contribution in [0, 0.1) is 6.92 Å². The maximum absolute atomic E-state index is 4.22. The van der Waals surface area contributed by atoms with Crippen LogP contribution in [0.25, 0.3) is 11.6 Å². The minimum atomic E-state index is 1.05. The van der Waals surface area contributed by atoms with Crippen LogP contribution in [-0.4, -0.2) is 0 Å². The van der Waals surface area contributed by atoms with Gasteiger partial charge in [0.05, 0.1) is 0 Å². The Bertz CT molecular complexity index is 562. The normalized spacial score (nSPS) is 9.94. The van der Waals surface area contributed by atoms with Crippen molar-refractivity contribution in [2.24, 2.45) is 0 Å². The molecule has 0 aliphatic rings. The van der Waals surface area contributed by atoms with E-state index in [0.717, 1.165) is 16.7 Å². The van der Waals surface area contributed by atoms with Crippen molar-refractivity contribution in [1.82, 2.24) is 0 Å². The highest BCUT2D eigenvalue weighted by Gasteiger charge is 2.07. The van der Waals surface area contributed by atoms with Crippen LogP contribution in [0.2, 0.25) is 0 Å². The fourth-order valence-corrected chi connectivity index (χ4v) is 2.01. The molecule has 0 aliphatic heterocycles. The summed E-state index contributed by atoms with van der Waals surface area (Å²) in [7, 11) is 0. The van der Waals surface area contributed by atoms with Crippen LogP contribution < -0.4 is 0 Å². The first-order chi connectivity index (χ1) is 8.24. The molecule has 0 saturated heterocycles. The van der Waals surface area contributed by atoms with Gasteiger partial charge in [0.25, 0.3) is 0 Å². The molecular weight excluding hydrogens is 204 g/mol. The summed E-state index contributed by atoms with van der Waals surface area (Å²) in [5, 5.41) is 0. The van der Waals surface area contributed by atoms with Crippen LogP contribution in [-0.2, 0) is 0 Å². The Kier molecular flexibility index (Phi) is 3.24. The summed E-state index contributed by atoms with van der Waals surface area (Å²) in [6.45, 7) is 10.2. The van der Waals surface area contributed by atoms with Crippen LogP contribution in [0.1, 0.15) is 22.3 Å². The van der Waals surface area contributed by atoms with Crippen molar-refractivity contribution in [3.8, 4) is 0 Å². The average Bonchev–Trinajstić information content (AvgIpc) is 2.38. The third-order valence-corrected chi connectivity index (χ3v) is 2.98. The Morgan fingerprint density at radius 2 is 1.53 bits per heavy atom. The van der Waals surface area contributed by atoms with E-state index < -0.39 is 0 Å². The number of hydrogen-bond acceptors (Lipinski definition) is 0. The van der Waals surface area contributed by atoms with E-state index in [2.05, 4.69) is 44.3 Å². The zero-order valence-electron chi connectivity index (χ0n) is 10.1. The molecule has 0 saturated carbocycles. The Balaban J connectivity index is 2.51. The van der Waals surface area contributed by atoms with Gasteiger partial charge in [0.1, 0.15) is 0 Å². The average molecular weight is 220 g/mol. The second kappa shape index (κ2) is 4.84. The van der Waals surface area contributed by atoms with E-state index in [4.69, 9.17) is 0 Å². The maximum atomic E-state index is 4.22. The Hall–Kier alpha value is -2.08. The van der Waals surface area contributed by atoms with E-state index in [0.29, 0.717) is 0 Å². The molecule has 0 fully saturated rings. The van der Waals surface area contributed by atoms with E-state index in [9.17, 15) is 0 Å². The molecular formula is C17H16. The highest BCUT2D eigenvalue weighted by molar-refractivity contribution is 5.83. The summed E-state index contributed by atoms with van der Waals surface area (Å²) >= 11 is 0. The number of rotatable bonds is 3. The van der Waals surface area contributed by atoms with Crippen molar-refractivity contribution in [3.05, 3.63) is 83.9 Å². The van der Waals surface area contributed by atoms with Gasteiger partial charge in [-0.2, -0.15) is 0 Å². The summed E-state index contributed by atoms with van der Waals surface area (Å²) in [4.78, 5) is 0. The van der Waals surface area contributed by atoms with Crippen molar-refractivity contribution in [1.29, 1.82) is 0 Å². The van der Waals surface area contributed by atoms with Crippen molar-refractivity contribution in [3.63, 3.8) is 0 Å². The molecule has 0 heterocycles. The number of benzene rings is 2. The molecule has 0 heteroatoms. The van der Waals surface area contributed by atoms with Crippen LogP contribution >= 0.6 is 0 Å². The molecule has 0 atom stereocenters. The standard InChI is InChI=1S/C17H16/c1-4-15-10-6-8-12-17(15)14(3)16-11-7-5-9-13(16)2/h4-12H,1,3H2,2H3. The van der Waals surface area contributed by atoms with Gasteiger partial charge >= 0.3 is 0 Å². The molecule has 17 heavy (non-hydrogen) atoms. The predicted octanol–water partition coefficient (Wildman–Crippen LogP) is 4.70. The number of aryl methyl sites for hydroxylation is 1. The van der Waals surface area contributed by atoms with Gasteiger partial charge in [-0.1, -0.05) is 67.8 Å². The molecule has 2 aromatic rings. The van der Waals surface area contributed by atoms with E-state index in [-0.39, 0.29) is 0 Å². The zero-order chi connectivity index (χ0) is 12.3. The second-order valence-corrected chi connectivity index (χ2v) is 4.08. The summed E-state index contributed by atoms with van der Waals surface area (Å²) in [6, 6.07) is 16.5. The summed E-state index contributed by atoms with van der Waals surface area (Å²) < 4.78 is 0. The maximum Gasteiger partial charge on any atom is -0.0111 e. The van der Waals surface area contributed by atoms with Gasteiger partial charge in [0, 0.05) is 0 Å². The van der Waals surface area contributed by atoms with Gasteiger partial charge in [0.2, 0.25) is 0 Å². The third-order valence-electron chi connectivity index (χ3n) is 2.98. The highest BCUT2D eigenvalue weighted by Crippen LogP contribution is 2.27. The molecule has 2 aromatic carbocycles. The molecule has 2 rings (SSSR count). The highest BCUT2D eigenvalue weighted by atomic mass is 14.1.